The first-order valence-corrected chi connectivity index (χ1v) is 5.27. The fraction of sp³-hybridized carbons (Fsp3) is 0.417. The van der Waals surface area contributed by atoms with Gasteiger partial charge in [0.25, 0.3) is 0 Å². The third-order valence-electron chi connectivity index (χ3n) is 3.19. The van der Waals surface area contributed by atoms with Crippen LogP contribution in [0.4, 0.5) is 0 Å². The summed E-state index contributed by atoms with van der Waals surface area (Å²) in [6, 6.07) is 4.58. The maximum absolute atomic E-state index is 4.39. The van der Waals surface area contributed by atoms with E-state index in [0.29, 0.717) is 0 Å². The van der Waals surface area contributed by atoms with Gasteiger partial charge in [0.1, 0.15) is 0 Å². The average Bonchev–Trinajstić information content (AvgIpc) is 2.57. The van der Waals surface area contributed by atoms with E-state index in [2.05, 4.69) is 28.7 Å². The number of aromatic nitrogens is 2. The van der Waals surface area contributed by atoms with E-state index in [1.165, 1.54) is 42.3 Å². The van der Waals surface area contributed by atoms with Gasteiger partial charge in [-0.1, -0.05) is 0 Å². The van der Waals surface area contributed by atoms with E-state index in [1.807, 2.05) is 6.33 Å². The van der Waals surface area contributed by atoms with E-state index >= 15 is 0 Å². The zero-order valence-electron chi connectivity index (χ0n) is 8.45. The molecule has 72 valence electrons. The van der Waals surface area contributed by atoms with E-state index < -0.39 is 0 Å². The van der Waals surface area contributed by atoms with Crippen LogP contribution in [0.1, 0.15) is 24.0 Å². The van der Waals surface area contributed by atoms with Crippen molar-refractivity contribution in [1.82, 2.24) is 9.55 Å². The summed E-state index contributed by atoms with van der Waals surface area (Å²) >= 11 is 0. The molecule has 3 rings (SSSR count). The molecule has 1 aromatic carbocycles. The highest BCUT2D eigenvalue weighted by atomic mass is 15.0. The number of aryl methyl sites for hydroxylation is 3. The maximum Gasteiger partial charge on any atom is 0.0955 e. The lowest BCUT2D eigenvalue weighted by atomic mass is 9.91. The smallest absolute Gasteiger partial charge is 0.0955 e. The molecular weight excluding hydrogens is 172 g/mol. The van der Waals surface area contributed by atoms with Gasteiger partial charge in [-0.15, -0.1) is 0 Å². The van der Waals surface area contributed by atoms with Crippen LogP contribution in [0.25, 0.3) is 11.0 Å². The molecule has 1 aromatic heterocycles. The van der Waals surface area contributed by atoms with Crippen LogP contribution < -0.4 is 0 Å². The normalized spacial score (nSPS) is 15.8. The molecule has 0 fully saturated rings. The Morgan fingerprint density at radius 2 is 1.86 bits per heavy atom. The molecule has 0 amide bonds. The molecule has 0 atom stereocenters. The number of hydrogen-bond donors (Lipinski definition) is 0. The summed E-state index contributed by atoms with van der Waals surface area (Å²) in [6.45, 7) is 0. The molecule has 1 aliphatic rings. The van der Waals surface area contributed by atoms with Crippen LogP contribution in [0.15, 0.2) is 18.5 Å². The summed E-state index contributed by atoms with van der Waals surface area (Å²) in [4.78, 5) is 4.39. The Labute approximate surface area is 83.6 Å². The molecule has 1 heterocycles. The molecule has 0 bridgehead atoms. The van der Waals surface area contributed by atoms with Gasteiger partial charge in [0.05, 0.1) is 17.4 Å². The van der Waals surface area contributed by atoms with Crippen molar-refractivity contribution in [3.63, 3.8) is 0 Å². The lowest BCUT2D eigenvalue weighted by Crippen LogP contribution is -2.02. The highest BCUT2D eigenvalue weighted by molar-refractivity contribution is 5.77. The van der Waals surface area contributed by atoms with Crippen molar-refractivity contribution in [2.75, 3.05) is 0 Å². The van der Waals surface area contributed by atoms with Gasteiger partial charge in [-0.05, 0) is 48.9 Å². The molecule has 0 saturated carbocycles. The molecular formula is C12H14N2. The van der Waals surface area contributed by atoms with Gasteiger partial charge in [0.2, 0.25) is 0 Å². The number of benzene rings is 1. The Morgan fingerprint density at radius 3 is 2.64 bits per heavy atom. The lowest BCUT2D eigenvalue weighted by Gasteiger charge is -2.15. The summed E-state index contributed by atoms with van der Waals surface area (Å²) in [5, 5.41) is 0. The van der Waals surface area contributed by atoms with Gasteiger partial charge >= 0.3 is 0 Å². The van der Waals surface area contributed by atoms with Gasteiger partial charge in [-0.25, -0.2) is 4.98 Å². The Kier molecular flexibility index (Phi) is 1.63. The maximum atomic E-state index is 4.39. The molecule has 0 unspecified atom stereocenters. The SMILES string of the molecule is Cn1cnc2cc3c(cc21)CCCC3. The molecule has 14 heavy (non-hydrogen) atoms. The topological polar surface area (TPSA) is 17.8 Å². The van der Waals surface area contributed by atoms with Crippen molar-refractivity contribution in [3.05, 3.63) is 29.6 Å². The van der Waals surface area contributed by atoms with E-state index in [4.69, 9.17) is 0 Å². The molecule has 0 aliphatic heterocycles. The van der Waals surface area contributed by atoms with E-state index in [-0.39, 0.29) is 0 Å². The Balaban J connectivity index is 2.29. The average molecular weight is 186 g/mol. The molecule has 0 saturated heterocycles. The zero-order chi connectivity index (χ0) is 9.54. The van der Waals surface area contributed by atoms with Crippen LogP contribution in [0, 0.1) is 0 Å². The summed E-state index contributed by atoms with van der Waals surface area (Å²) < 4.78 is 2.10. The zero-order valence-corrected chi connectivity index (χ0v) is 8.45. The van der Waals surface area contributed by atoms with Gasteiger partial charge < -0.3 is 4.57 Å². The van der Waals surface area contributed by atoms with Crippen molar-refractivity contribution in [2.24, 2.45) is 7.05 Å². The minimum absolute atomic E-state index is 1.15. The van der Waals surface area contributed by atoms with Gasteiger partial charge in [-0.2, -0.15) is 0 Å². The molecule has 2 heteroatoms. The van der Waals surface area contributed by atoms with Gasteiger partial charge in [0.15, 0.2) is 0 Å². The quantitative estimate of drug-likeness (QED) is 0.618. The van der Waals surface area contributed by atoms with E-state index in [1.54, 1.807) is 0 Å². The largest absolute Gasteiger partial charge is 0.334 e. The third kappa shape index (κ3) is 1.07. The second kappa shape index (κ2) is 2.84. The first-order chi connectivity index (χ1) is 6.84. The van der Waals surface area contributed by atoms with Crippen molar-refractivity contribution in [2.45, 2.75) is 25.7 Å². The van der Waals surface area contributed by atoms with E-state index in [9.17, 15) is 0 Å². The van der Waals surface area contributed by atoms with Crippen molar-refractivity contribution in [3.8, 4) is 0 Å². The predicted molar refractivity (Wildman–Crippen MR) is 57.4 cm³/mol. The van der Waals surface area contributed by atoms with Crippen LogP contribution >= 0.6 is 0 Å². The van der Waals surface area contributed by atoms with Gasteiger partial charge in [0, 0.05) is 7.05 Å². The van der Waals surface area contributed by atoms with Crippen LogP contribution in [0.2, 0.25) is 0 Å². The van der Waals surface area contributed by atoms with Crippen molar-refractivity contribution in [1.29, 1.82) is 0 Å². The van der Waals surface area contributed by atoms with Crippen LogP contribution in [-0.4, -0.2) is 9.55 Å². The fourth-order valence-corrected chi connectivity index (χ4v) is 2.36. The summed E-state index contributed by atoms with van der Waals surface area (Å²) in [5.41, 5.74) is 5.47. The highest BCUT2D eigenvalue weighted by Crippen LogP contribution is 2.25. The summed E-state index contributed by atoms with van der Waals surface area (Å²) in [5.74, 6) is 0. The van der Waals surface area contributed by atoms with E-state index in [0.717, 1.165) is 5.52 Å². The number of rotatable bonds is 0. The number of fused-ring (bicyclic) bond motifs is 2. The first kappa shape index (κ1) is 8.04. The molecule has 0 radical (unpaired) electrons. The third-order valence-corrected chi connectivity index (χ3v) is 3.19. The van der Waals surface area contributed by atoms with Crippen LogP contribution in [0.3, 0.4) is 0 Å². The standard InChI is InChI=1S/C12H14N2/c1-14-8-13-11-6-9-4-2-3-5-10(9)7-12(11)14/h6-8H,2-5H2,1H3. The Bertz CT molecular complexity index is 482. The Hall–Kier alpha value is -1.31. The molecule has 1 aliphatic carbocycles. The molecule has 0 spiro atoms. The lowest BCUT2D eigenvalue weighted by molar-refractivity contribution is 0.686. The predicted octanol–water partition coefficient (Wildman–Crippen LogP) is 2.45. The molecule has 2 nitrogen and oxygen atoms in total. The monoisotopic (exact) mass is 186 g/mol. The molecule has 2 aromatic rings. The molecule has 0 N–H and O–H groups in total. The highest BCUT2D eigenvalue weighted by Gasteiger charge is 2.11. The number of hydrogen-bond acceptors (Lipinski definition) is 1. The fourth-order valence-electron chi connectivity index (χ4n) is 2.36. The number of imidazole rings is 1. The minimum Gasteiger partial charge on any atom is -0.334 e. The Morgan fingerprint density at radius 1 is 1.14 bits per heavy atom. The van der Waals surface area contributed by atoms with Crippen LogP contribution in [-0.2, 0) is 19.9 Å². The summed E-state index contributed by atoms with van der Waals surface area (Å²) in [6.07, 6.45) is 7.07. The second-order valence-electron chi connectivity index (χ2n) is 4.17. The first-order valence-electron chi connectivity index (χ1n) is 5.27. The second-order valence-corrected chi connectivity index (χ2v) is 4.17. The van der Waals surface area contributed by atoms with Gasteiger partial charge in [-0.3, -0.25) is 0 Å². The van der Waals surface area contributed by atoms with Crippen molar-refractivity contribution >= 4 is 11.0 Å². The van der Waals surface area contributed by atoms with Crippen molar-refractivity contribution < 1.29 is 0 Å². The minimum atomic E-state index is 1.15. The summed E-state index contributed by atoms with van der Waals surface area (Å²) in [7, 11) is 2.06. The number of nitrogens with zero attached hydrogens (tertiary/aromatic N) is 2. The van der Waals surface area contributed by atoms with Crippen LogP contribution in [0.5, 0.6) is 0 Å².